The Morgan fingerprint density at radius 3 is 2.47 bits per heavy atom. The summed E-state index contributed by atoms with van der Waals surface area (Å²) in [7, 11) is 1.60. The molecule has 2 aromatic rings. The molecule has 0 bridgehead atoms. The van der Waals surface area contributed by atoms with Gasteiger partial charge < -0.3 is 20.7 Å². The fourth-order valence-electron chi connectivity index (χ4n) is 3.58. The molecule has 2 aliphatic heterocycles. The summed E-state index contributed by atoms with van der Waals surface area (Å²) in [6.07, 6.45) is 1.84. The maximum absolute atomic E-state index is 6.31. The van der Waals surface area contributed by atoms with E-state index in [4.69, 9.17) is 22.1 Å². The molecule has 7 nitrogen and oxygen atoms in total. The van der Waals surface area contributed by atoms with Crippen molar-refractivity contribution in [2.45, 2.75) is 26.1 Å². The van der Waals surface area contributed by atoms with Crippen molar-refractivity contribution in [1.82, 2.24) is 4.90 Å². The van der Waals surface area contributed by atoms with Gasteiger partial charge in [-0.3, -0.25) is 4.90 Å². The van der Waals surface area contributed by atoms with E-state index >= 15 is 0 Å². The molecular formula is C21H26Cl2N6O. The summed E-state index contributed by atoms with van der Waals surface area (Å²) in [5, 5.41) is 3.96. The van der Waals surface area contributed by atoms with Crippen molar-refractivity contribution >= 4 is 47.3 Å². The molecule has 1 atom stereocenters. The Labute approximate surface area is 188 Å². The van der Waals surface area contributed by atoms with Gasteiger partial charge in [-0.1, -0.05) is 29.3 Å². The van der Waals surface area contributed by atoms with Gasteiger partial charge in [0.25, 0.3) is 0 Å². The summed E-state index contributed by atoms with van der Waals surface area (Å²) in [4.78, 5) is 13.5. The van der Waals surface area contributed by atoms with Crippen LogP contribution < -0.4 is 20.7 Å². The average Bonchev–Trinajstić information content (AvgIpc) is 3.23. The molecule has 9 heteroatoms. The smallest absolute Gasteiger partial charge is 0.222 e. The number of hydrogen-bond acceptors (Lipinski definition) is 7. The lowest BCUT2D eigenvalue weighted by atomic mass is 10.2. The molecule has 0 aliphatic carbocycles. The van der Waals surface area contributed by atoms with Gasteiger partial charge in [0.1, 0.15) is 5.75 Å². The van der Waals surface area contributed by atoms with Gasteiger partial charge in [0, 0.05) is 24.5 Å². The molecule has 2 aromatic carbocycles. The quantitative estimate of drug-likeness (QED) is 0.736. The summed E-state index contributed by atoms with van der Waals surface area (Å²) in [5.41, 5.74) is 9.11. The molecule has 0 spiro atoms. The number of methoxy groups -OCH3 is 1. The Balaban J connectivity index is 0.00000256. The third-order valence-electron chi connectivity index (χ3n) is 5.08. The number of halogens is 2. The third-order valence-corrected chi connectivity index (χ3v) is 5.37. The van der Waals surface area contributed by atoms with E-state index in [9.17, 15) is 0 Å². The molecule has 0 aromatic heterocycles. The van der Waals surface area contributed by atoms with Crippen LogP contribution in [0.2, 0.25) is 5.02 Å². The van der Waals surface area contributed by atoms with E-state index in [-0.39, 0.29) is 18.4 Å². The highest BCUT2D eigenvalue weighted by molar-refractivity contribution is 6.32. The van der Waals surface area contributed by atoms with Crippen molar-refractivity contribution in [3.8, 4) is 5.75 Å². The number of likely N-dealkylation sites (tertiary alicyclic amines) is 1. The first-order valence-corrected chi connectivity index (χ1v) is 10.1. The minimum absolute atomic E-state index is 0. The van der Waals surface area contributed by atoms with Crippen LogP contribution in [0.5, 0.6) is 5.75 Å². The number of aryl methyl sites for hydroxylation is 1. The van der Waals surface area contributed by atoms with Crippen LogP contribution in [-0.4, -0.2) is 43.3 Å². The molecule has 3 N–H and O–H groups in total. The molecule has 30 heavy (non-hydrogen) atoms. The molecule has 0 saturated carbocycles. The van der Waals surface area contributed by atoms with Gasteiger partial charge in [-0.2, -0.15) is 4.99 Å². The normalized spacial score (nSPS) is 18.4. The second-order valence-electron chi connectivity index (χ2n) is 7.17. The molecular weight excluding hydrogens is 423 g/mol. The van der Waals surface area contributed by atoms with Crippen LogP contribution in [0.25, 0.3) is 0 Å². The molecule has 1 fully saturated rings. The van der Waals surface area contributed by atoms with Gasteiger partial charge in [-0.15, -0.1) is 12.4 Å². The van der Waals surface area contributed by atoms with Crippen LogP contribution >= 0.6 is 24.0 Å². The molecule has 160 valence electrons. The molecule has 1 unspecified atom stereocenters. The van der Waals surface area contributed by atoms with E-state index in [0.29, 0.717) is 10.8 Å². The van der Waals surface area contributed by atoms with E-state index < -0.39 is 6.29 Å². The molecule has 2 aliphatic rings. The Kier molecular flexibility index (Phi) is 6.95. The Bertz CT molecular complexity index is 941. The lowest BCUT2D eigenvalue weighted by Gasteiger charge is -2.38. The van der Waals surface area contributed by atoms with Crippen molar-refractivity contribution in [2.75, 3.05) is 30.4 Å². The van der Waals surface area contributed by atoms with Crippen molar-refractivity contribution in [2.24, 2.45) is 15.7 Å². The number of rotatable bonds is 4. The number of ether oxygens (including phenoxy) is 1. The Morgan fingerprint density at radius 2 is 1.83 bits per heavy atom. The van der Waals surface area contributed by atoms with Gasteiger partial charge in [0.2, 0.25) is 18.2 Å². The van der Waals surface area contributed by atoms with Crippen molar-refractivity contribution in [3.05, 3.63) is 53.1 Å². The standard InChI is InChI=1S/C21H25ClN6O.ClH/c1-14-5-8-16(9-6-14)28-20(24-15-7-10-18(29-2)17(22)13-15)25-19(23)26-21(28)27-11-3-4-12-27;/h5-10,13,20,24H,3-4,11-12H2,1-2H3,(H2,23,25);1H. The highest BCUT2D eigenvalue weighted by Gasteiger charge is 2.32. The second kappa shape index (κ2) is 9.45. The van der Waals surface area contributed by atoms with Gasteiger partial charge in [-0.05, 0) is 50.1 Å². The molecule has 1 saturated heterocycles. The van der Waals surface area contributed by atoms with Crippen LogP contribution in [0.3, 0.4) is 0 Å². The first-order chi connectivity index (χ1) is 14.0. The number of benzene rings is 2. The number of guanidine groups is 2. The molecule has 2 heterocycles. The Morgan fingerprint density at radius 1 is 1.13 bits per heavy atom. The predicted molar refractivity (Wildman–Crippen MR) is 126 cm³/mol. The lowest BCUT2D eigenvalue weighted by Crippen LogP contribution is -2.54. The van der Waals surface area contributed by atoms with E-state index in [1.807, 2.05) is 18.2 Å². The fraction of sp³-hybridized carbons (Fsp3) is 0.333. The van der Waals surface area contributed by atoms with E-state index in [1.54, 1.807) is 7.11 Å². The minimum Gasteiger partial charge on any atom is -0.495 e. The molecule has 0 amide bonds. The van der Waals surface area contributed by atoms with Gasteiger partial charge in [0.05, 0.1) is 12.1 Å². The van der Waals surface area contributed by atoms with Gasteiger partial charge in [-0.25, -0.2) is 4.99 Å². The highest BCUT2D eigenvalue weighted by Crippen LogP contribution is 2.30. The summed E-state index contributed by atoms with van der Waals surface area (Å²) in [6.45, 7) is 3.98. The maximum Gasteiger partial charge on any atom is 0.222 e. The SMILES string of the molecule is COc1ccc(NC2N=C(N)N=C(N3CCCC3)N2c2ccc(C)cc2)cc1Cl.Cl. The fourth-order valence-corrected chi connectivity index (χ4v) is 3.84. The highest BCUT2D eigenvalue weighted by atomic mass is 35.5. The van der Waals surface area contributed by atoms with E-state index in [1.165, 1.54) is 5.56 Å². The van der Waals surface area contributed by atoms with Crippen molar-refractivity contribution in [3.63, 3.8) is 0 Å². The zero-order chi connectivity index (χ0) is 20.4. The largest absolute Gasteiger partial charge is 0.495 e. The zero-order valence-electron chi connectivity index (χ0n) is 17.0. The monoisotopic (exact) mass is 448 g/mol. The number of nitrogens with zero attached hydrogens (tertiary/aromatic N) is 4. The van der Waals surface area contributed by atoms with Gasteiger partial charge >= 0.3 is 0 Å². The number of nitrogens with one attached hydrogen (secondary N) is 1. The van der Waals surface area contributed by atoms with E-state index in [0.717, 1.165) is 43.3 Å². The summed E-state index contributed by atoms with van der Waals surface area (Å²) < 4.78 is 5.25. The number of aliphatic imine (C=N–C) groups is 2. The zero-order valence-corrected chi connectivity index (χ0v) is 18.6. The third kappa shape index (κ3) is 4.57. The van der Waals surface area contributed by atoms with Crippen LogP contribution in [0.4, 0.5) is 11.4 Å². The first-order valence-electron chi connectivity index (χ1n) is 9.68. The van der Waals surface area contributed by atoms with E-state index in [2.05, 4.69) is 56.3 Å². The van der Waals surface area contributed by atoms with Crippen LogP contribution in [0.15, 0.2) is 52.4 Å². The lowest BCUT2D eigenvalue weighted by molar-refractivity contribution is 0.415. The van der Waals surface area contributed by atoms with Gasteiger partial charge in [0.15, 0.2) is 0 Å². The number of anilines is 2. The number of hydrogen-bond donors (Lipinski definition) is 2. The second-order valence-corrected chi connectivity index (χ2v) is 7.57. The van der Waals surface area contributed by atoms with Crippen LogP contribution in [0.1, 0.15) is 18.4 Å². The first kappa shape index (κ1) is 22.1. The predicted octanol–water partition coefficient (Wildman–Crippen LogP) is 4.06. The summed E-state index contributed by atoms with van der Waals surface area (Å²) in [6, 6.07) is 13.9. The molecule has 4 rings (SSSR count). The Hall–Kier alpha value is -2.64. The minimum atomic E-state index is -0.449. The number of nitrogens with two attached hydrogens (primary N) is 1. The summed E-state index contributed by atoms with van der Waals surface area (Å²) in [5.74, 6) is 1.70. The molecule has 0 radical (unpaired) electrons. The topological polar surface area (TPSA) is 78.5 Å². The average molecular weight is 449 g/mol. The maximum atomic E-state index is 6.31. The van der Waals surface area contributed by atoms with Crippen molar-refractivity contribution < 1.29 is 4.74 Å². The van der Waals surface area contributed by atoms with Crippen LogP contribution in [0, 0.1) is 6.92 Å². The van der Waals surface area contributed by atoms with Crippen molar-refractivity contribution in [1.29, 1.82) is 0 Å². The van der Waals surface area contributed by atoms with Crippen LogP contribution in [-0.2, 0) is 0 Å². The summed E-state index contributed by atoms with van der Waals surface area (Å²) >= 11 is 6.31.